The highest BCUT2D eigenvalue weighted by Gasteiger charge is 2.10. The predicted octanol–water partition coefficient (Wildman–Crippen LogP) is 3.27. The number of hydrogen-bond acceptors (Lipinski definition) is 3. The third kappa shape index (κ3) is 6.52. The smallest absolute Gasteiger partial charge is 0.295 e. The minimum atomic E-state index is -0.181. The maximum atomic E-state index is 11.6. The van der Waals surface area contributed by atoms with E-state index in [1.165, 1.54) is 4.88 Å². The second kappa shape index (κ2) is 9.09. The molecular weight excluding hydrogens is 306 g/mol. The highest BCUT2D eigenvalue weighted by molar-refractivity contribution is 7.16. The Balaban J connectivity index is 1.55. The third-order valence-electron chi connectivity index (χ3n) is 3.31. The average Bonchev–Trinajstić information content (AvgIpc) is 2.91. The van der Waals surface area contributed by atoms with Gasteiger partial charge in [0.25, 0.3) is 5.91 Å². The van der Waals surface area contributed by atoms with Gasteiger partial charge in [-0.1, -0.05) is 17.5 Å². The Kier molecular flexibility index (Phi) is 7.08. The van der Waals surface area contributed by atoms with E-state index in [1.54, 1.807) is 11.3 Å². The second-order valence-corrected chi connectivity index (χ2v) is 6.90. The summed E-state index contributed by atoms with van der Waals surface area (Å²) < 4.78 is 6.16. The first-order chi connectivity index (χ1) is 10.2. The first-order valence-corrected chi connectivity index (χ1v) is 8.55. The lowest BCUT2D eigenvalue weighted by Gasteiger charge is -2.16. The number of unbranched alkanes of at least 4 members (excludes halogenated alkanes) is 1. The normalized spacial score (nSPS) is 17.9. The van der Waals surface area contributed by atoms with Gasteiger partial charge in [0.05, 0.1) is 10.9 Å². The number of aryl methyl sites for hydroxylation is 1. The molecule has 0 saturated carbocycles. The van der Waals surface area contributed by atoms with E-state index < -0.39 is 0 Å². The molecule has 1 fully saturated rings. The quantitative estimate of drug-likeness (QED) is 0.666. The summed E-state index contributed by atoms with van der Waals surface area (Å²) in [5, 5.41) is 2.84. The molecule has 1 amide bonds. The van der Waals surface area contributed by atoms with E-state index >= 15 is 0 Å². The van der Waals surface area contributed by atoms with Crippen molar-refractivity contribution in [3.05, 3.63) is 21.3 Å². The van der Waals surface area contributed by atoms with Crippen LogP contribution in [0, 0.1) is 17.8 Å². The van der Waals surface area contributed by atoms with Gasteiger partial charge in [0.2, 0.25) is 0 Å². The van der Waals surface area contributed by atoms with Crippen LogP contribution < -0.4 is 5.32 Å². The molecule has 1 unspecified atom stereocenters. The van der Waals surface area contributed by atoms with Gasteiger partial charge >= 0.3 is 0 Å². The number of ether oxygens (including phenoxy) is 1. The largest absolute Gasteiger partial charge is 0.380 e. The highest BCUT2D eigenvalue weighted by atomic mass is 35.5. The Hall–Kier alpha value is -1.02. The third-order valence-corrected chi connectivity index (χ3v) is 4.61. The first-order valence-electron chi connectivity index (χ1n) is 7.35. The summed E-state index contributed by atoms with van der Waals surface area (Å²) in [5.41, 5.74) is 0. The van der Waals surface area contributed by atoms with Crippen LogP contribution in [0.3, 0.4) is 0 Å². The minimum Gasteiger partial charge on any atom is -0.380 e. The number of halogens is 1. The van der Waals surface area contributed by atoms with E-state index in [9.17, 15) is 4.79 Å². The molecule has 21 heavy (non-hydrogen) atoms. The van der Waals surface area contributed by atoms with Gasteiger partial charge < -0.3 is 10.1 Å². The summed E-state index contributed by atoms with van der Waals surface area (Å²) in [7, 11) is 0. The van der Waals surface area contributed by atoms with Crippen molar-refractivity contribution in [2.24, 2.45) is 5.92 Å². The van der Waals surface area contributed by atoms with Crippen LogP contribution in [-0.4, -0.2) is 25.7 Å². The van der Waals surface area contributed by atoms with E-state index in [2.05, 4.69) is 23.2 Å². The molecule has 5 heteroatoms. The van der Waals surface area contributed by atoms with Crippen LogP contribution in [0.15, 0.2) is 12.1 Å². The number of carbonyl (C=O) groups is 1. The summed E-state index contributed by atoms with van der Waals surface area (Å²) in [6, 6.07) is 3.98. The Bertz CT molecular complexity index is 512. The Morgan fingerprint density at radius 3 is 3.10 bits per heavy atom. The highest BCUT2D eigenvalue weighted by Crippen LogP contribution is 2.22. The molecule has 1 atom stereocenters. The van der Waals surface area contributed by atoms with E-state index in [0.29, 0.717) is 13.2 Å². The summed E-state index contributed by atoms with van der Waals surface area (Å²) in [4.78, 5) is 12.9. The maximum Gasteiger partial charge on any atom is 0.295 e. The molecule has 1 aliphatic rings. The van der Waals surface area contributed by atoms with E-state index in [0.717, 1.165) is 43.0 Å². The van der Waals surface area contributed by atoms with Gasteiger partial charge in [0.1, 0.15) is 0 Å². The molecule has 0 aromatic carbocycles. The van der Waals surface area contributed by atoms with Gasteiger partial charge in [-0.2, -0.15) is 0 Å². The molecule has 1 aromatic rings. The van der Waals surface area contributed by atoms with Crippen LogP contribution in [0.25, 0.3) is 0 Å². The monoisotopic (exact) mass is 325 g/mol. The van der Waals surface area contributed by atoms with Crippen molar-refractivity contribution in [1.82, 2.24) is 5.32 Å². The van der Waals surface area contributed by atoms with Crippen molar-refractivity contribution in [2.75, 3.05) is 19.8 Å². The summed E-state index contributed by atoms with van der Waals surface area (Å²) in [5.74, 6) is 5.69. The zero-order valence-corrected chi connectivity index (χ0v) is 13.6. The average molecular weight is 326 g/mol. The molecule has 0 spiro atoms. The number of rotatable bonds is 5. The molecule has 0 bridgehead atoms. The molecule has 1 saturated heterocycles. The van der Waals surface area contributed by atoms with Crippen LogP contribution in [0.1, 0.15) is 30.6 Å². The summed E-state index contributed by atoms with van der Waals surface area (Å²) >= 11 is 7.50. The van der Waals surface area contributed by atoms with Gasteiger partial charge in [-0.05, 0) is 50.2 Å². The molecule has 0 radical (unpaired) electrons. The maximum absolute atomic E-state index is 11.6. The molecule has 114 valence electrons. The van der Waals surface area contributed by atoms with Crippen molar-refractivity contribution < 1.29 is 9.53 Å². The van der Waals surface area contributed by atoms with Crippen molar-refractivity contribution in [2.45, 2.75) is 32.1 Å². The Labute approximate surface area is 135 Å². The van der Waals surface area contributed by atoms with E-state index in [-0.39, 0.29) is 11.8 Å². The van der Waals surface area contributed by atoms with Crippen LogP contribution in [0.4, 0.5) is 0 Å². The molecule has 2 rings (SSSR count). The van der Waals surface area contributed by atoms with Gasteiger partial charge in [0.15, 0.2) is 0 Å². The van der Waals surface area contributed by atoms with E-state index in [1.807, 2.05) is 6.07 Å². The number of nitrogens with one attached hydrogen (secondary N) is 1. The second-order valence-electron chi connectivity index (χ2n) is 5.10. The Morgan fingerprint density at radius 1 is 1.48 bits per heavy atom. The molecule has 1 aliphatic heterocycles. The number of carbonyl (C=O) groups excluding carboxylic acids is 1. The number of amides is 1. The van der Waals surface area contributed by atoms with Crippen molar-refractivity contribution in [1.29, 1.82) is 0 Å². The van der Waals surface area contributed by atoms with E-state index in [4.69, 9.17) is 16.3 Å². The minimum absolute atomic E-state index is 0.181. The fourth-order valence-electron chi connectivity index (χ4n) is 2.18. The molecule has 3 nitrogen and oxygen atoms in total. The summed E-state index contributed by atoms with van der Waals surface area (Å²) in [6.07, 6.45) is 5.08. The van der Waals surface area contributed by atoms with Gasteiger partial charge in [0, 0.05) is 23.9 Å². The summed E-state index contributed by atoms with van der Waals surface area (Å²) in [6.45, 7) is 2.15. The van der Waals surface area contributed by atoms with Crippen LogP contribution in [-0.2, 0) is 16.0 Å². The molecule has 1 aromatic heterocycles. The van der Waals surface area contributed by atoms with Gasteiger partial charge in [-0.15, -0.1) is 11.3 Å². The van der Waals surface area contributed by atoms with Crippen molar-refractivity contribution >= 4 is 28.8 Å². The fraction of sp³-hybridized carbons (Fsp3) is 0.562. The van der Waals surface area contributed by atoms with Crippen molar-refractivity contribution in [3.8, 4) is 11.8 Å². The number of hydrogen-bond donors (Lipinski definition) is 1. The predicted molar refractivity (Wildman–Crippen MR) is 86.6 cm³/mol. The molecular formula is C16H20ClNO2S. The lowest BCUT2D eigenvalue weighted by molar-refractivity contribution is -0.115. The fourth-order valence-corrected chi connectivity index (χ4v) is 3.31. The Morgan fingerprint density at radius 2 is 2.38 bits per heavy atom. The van der Waals surface area contributed by atoms with Gasteiger partial charge in [-0.3, -0.25) is 4.79 Å². The number of thiophene rings is 1. The van der Waals surface area contributed by atoms with Crippen LogP contribution in [0.2, 0.25) is 4.34 Å². The zero-order valence-electron chi connectivity index (χ0n) is 12.0. The van der Waals surface area contributed by atoms with Gasteiger partial charge in [-0.25, -0.2) is 0 Å². The molecule has 2 heterocycles. The first kappa shape index (κ1) is 16.4. The lowest BCUT2D eigenvalue weighted by atomic mass is 10.0. The lowest BCUT2D eigenvalue weighted by Crippen LogP contribution is -2.23. The molecule has 1 N–H and O–H groups in total. The van der Waals surface area contributed by atoms with Crippen molar-refractivity contribution in [3.63, 3.8) is 0 Å². The standard InChI is InChI=1S/C16H20ClNO2S/c17-15-8-7-14(21-15)5-1-2-10-18-16(19)9-6-13-4-3-11-20-12-13/h7-8,13H,1-5,10-12H2,(H,18,19). The topological polar surface area (TPSA) is 38.3 Å². The van der Waals surface area contributed by atoms with Crippen LogP contribution >= 0.6 is 22.9 Å². The molecule has 0 aliphatic carbocycles. The zero-order chi connectivity index (χ0) is 14.9. The van der Waals surface area contributed by atoms with Crippen LogP contribution in [0.5, 0.6) is 0 Å². The SMILES string of the molecule is O=C(C#CC1CCCOC1)NCCCCc1ccc(Cl)s1.